The van der Waals surface area contributed by atoms with E-state index in [1.54, 1.807) is 0 Å². The summed E-state index contributed by atoms with van der Waals surface area (Å²) in [5.41, 5.74) is 5.63. The third-order valence-electron chi connectivity index (χ3n) is 6.15. The van der Waals surface area contributed by atoms with E-state index in [4.69, 9.17) is 4.98 Å². The zero-order chi connectivity index (χ0) is 23.2. The molecule has 2 heterocycles. The van der Waals surface area contributed by atoms with E-state index in [1.807, 2.05) is 32.0 Å². The van der Waals surface area contributed by atoms with E-state index in [-0.39, 0.29) is 6.03 Å². The number of hydrogen-bond donors (Lipinski definition) is 2. The third-order valence-corrected chi connectivity index (χ3v) is 6.96. The zero-order valence-corrected chi connectivity index (χ0v) is 20.4. The molecule has 3 aromatic rings. The smallest absolute Gasteiger partial charge is 0.319 e. The van der Waals surface area contributed by atoms with Gasteiger partial charge in [0.15, 0.2) is 0 Å². The first-order chi connectivity index (χ1) is 16.0. The number of anilines is 2. The van der Waals surface area contributed by atoms with Gasteiger partial charge < -0.3 is 15.5 Å². The van der Waals surface area contributed by atoms with E-state index >= 15 is 0 Å². The SMILES string of the molecule is Cc1ccc(Cc2nsc(N3CCN(CCNC(=O)Nc4cccc(C)c4C)CC3)n2)cc1. The lowest BCUT2D eigenvalue weighted by molar-refractivity contribution is 0.240. The maximum Gasteiger partial charge on any atom is 0.319 e. The van der Waals surface area contributed by atoms with Crippen molar-refractivity contribution < 1.29 is 4.79 Å². The van der Waals surface area contributed by atoms with E-state index in [1.165, 1.54) is 28.2 Å². The van der Waals surface area contributed by atoms with Crippen LogP contribution in [0.2, 0.25) is 0 Å². The van der Waals surface area contributed by atoms with Gasteiger partial charge in [-0.15, -0.1) is 0 Å². The van der Waals surface area contributed by atoms with Gasteiger partial charge in [0.2, 0.25) is 5.13 Å². The lowest BCUT2D eigenvalue weighted by Gasteiger charge is -2.34. The first-order valence-electron chi connectivity index (χ1n) is 11.4. The number of urea groups is 1. The van der Waals surface area contributed by atoms with Gasteiger partial charge in [-0.3, -0.25) is 4.90 Å². The molecule has 2 N–H and O–H groups in total. The van der Waals surface area contributed by atoms with Crippen LogP contribution in [0.5, 0.6) is 0 Å². The fraction of sp³-hybridized carbons (Fsp3) is 0.400. The molecule has 1 aliphatic heterocycles. The number of nitrogens with one attached hydrogen (secondary N) is 2. The summed E-state index contributed by atoms with van der Waals surface area (Å²) in [4.78, 5) is 21.7. The molecule has 1 aromatic heterocycles. The van der Waals surface area contributed by atoms with Gasteiger partial charge in [0.25, 0.3) is 0 Å². The maximum absolute atomic E-state index is 12.2. The second kappa shape index (κ2) is 10.8. The zero-order valence-electron chi connectivity index (χ0n) is 19.6. The number of aromatic nitrogens is 2. The third kappa shape index (κ3) is 6.30. The first kappa shape index (κ1) is 23.2. The van der Waals surface area contributed by atoms with Crippen LogP contribution in [0, 0.1) is 20.8 Å². The highest BCUT2D eigenvalue weighted by atomic mass is 32.1. The fourth-order valence-corrected chi connectivity index (χ4v) is 4.61. The van der Waals surface area contributed by atoms with Crippen molar-refractivity contribution in [1.82, 2.24) is 19.6 Å². The Labute approximate surface area is 200 Å². The number of carbonyl (C=O) groups is 1. The van der Waals surface area contributed by atoms with E-state index < -0.39 is 0 Å². The quantitative estimate of drug-likeness (QED) is 0.553. The molecule has 0 unspecified atom stereocenters. The number of nitrogens with zero attached hydrogens (tertiary/aromatic N) is 4. The Balaban J connectivity index is 1.18. The Morgan fingerprint density at radius 3 is 2.55 bits per heavy atom. The van der Waals surface area contributed by atoms with Crippen molar-refractivity contribution in [2.24, 2.45) is 0 Å². The van der Waals surface area contributed by atoms with E-state index in [9.17, 15) is 4.79 Å². The first-order valence-corrected chi connectivity index (χ1v) is 12.2. The predicted molar refractivity (Wildman–Crippen MR) is 135 cm³/mol. The van der Waals surface area contributed by atoms with Crippen LogP contribution >= 0.6 is 11.5 Å². The molecular formula is C25H32N6OS. The molecule has 8 heteroatoms. The minimum atomic E-state index is -0.155. The highest BCUT2D eigenvalue weighted by Gasteiger charge is 2.20. The van der Waals surface area contributed by atoms with Crippen molar-refractivity contribution in [3.05, 3.63) is 70.5 Å². The van der Waals surface area contributed by atoms with Gasteiger partial charge >= 0.3 is 6.03 Å². The number of hydrogen-bond acceptors (Lipinski definition) is 6. The van der Waals surface area contributed by atoms with Gasteiger partial charge in [-0.1, -0.05) is 42.0 Å². The summed E-state index contributed by atoms with van der Waals surface area (Å²) in [7, 11) is 0. The average Bonchev–Trinajstić information content (AvgIpc) is 3.27. The van der Waals surface area contributed by atoms with Crippen molar-refractivity contribution in [2.75, 3.05) is 49.5 Å². The maximum atomic E-state index is 12.2. The highest BCUT2D eigenvalue weighted by molar-refractivity contribution is 7.09. The number of piperazine rings is 1. The summed E-state index contributed by atoms with van der Waals surface area (Å²) in [6.45, 7) is 11.4. The largest absolute Gasteiger partial charge is 0.344 e. The molecule has 1 saturated heterocycles. The van der Waals surface area contributed by atoms with Crippen LogP contribution in [-0.2, 0) is 6.42 Å². The van der Waals surface area contributed by atoms with Crippen LogP contribution in [-0.4, -0.2) is 59.6 Å². The second-order valence-corrected chi connectivity index (χ2v) is 9.34. The molecule has 1 aliphatic rings. The van der Waals surface area contributed by atoms with E-state index in [2.05, 4.69) is 56.0 Å². The van der Waals surface area contributed by atoms with Gasteiger partial charge in [-0.25, -0.2) is 9.78 Å². The summed E-state index contributed by atoms with van der Waals surface area (Å²) >= 11 is 1.49. The van der Waals surface area contributed by atoms with Crippen molar-refractivity contribution in [3.63, 3.8) is 0 Å². The van der Waals surface area contributed by atoms with Crippen LogP contribution in [0.3, 0.4) is 0 Å². The normalized spacial score (nSPS) is 14.3. The van der Waals surface area contributed by atoms with Crippen LogP contribution in [0.1, 0.15) is 28.1 Å². The van der Waals surface area contributed by atoms with Gasteiger partial charge in [-0.2, -0.15) is 4.37 Å². The molecule has 0 saturated carbocycles. The van der Waals surface area contributed by atoms with Crippen LogP contribution in [0.25, 0.3) is 0 Å². The topological polar surface area (TPSA) is 73.4 Å². The van der Waals surface area contributed by atoms with Gasteiger partial charge in [0.1, 0.15) is 5.82 Å². The van der Waals surface area contributed by atoms with Gasteiger partial charge in [0, 0.05) is 62.9 Å². The Kier molecular flexibility index (Phi) is 7.57. The van der Waals surface area contributed by atoms with Crippen LogP contribution in [0.15, 0.2) is 42.5 Å². The van der Waals surface area contributed by atoms with Crippen molar-refractivity contribution in [1.29, 1.82) is 0 Å². The molecule has 7 nitrogen and oxygen atoms in total. The molecule has 4 rings (SSSR count). The van der Waals surface area contributed by atoms with E-state index in [0.717, 1.165) is 61.4 Å². The number of amides is 2. The Bertz CT molecular complexity index is 1070. The van der Waals surface area contributed by atoms with Crippen LogP contribution in [0.4, 0.5) is 15.6 Å². The Morgan fingerprint density at radius 1 is 1.03 bits per heavy atom. The molecule has 2 aromatic carbocycles. The summed E-state index contributed by atoms with van der Waals surface area (Å²) < 4.78 is 4.56. The molecular weight excluding hydrogens is 432 g/mol. The van der Waals surface area contributed by atoms with Crippen molar-refractivity contribution in [3.8, 4) is 0 Å². The Morgan fingerprint density at radius 2 is 1.79 bits per heavy atom. The van der Waals surface area contributed by atoms with E-state index in [0.29, 0.717) is 6.54 Å². The summed E-state index contributed by atoms with van der Waals surface area (Å²) in [5, 5.41) is 6.92. The molecule has 33 heavy (non-hydrogen) atoms. The number of rotatable bonds is 7. The molecule has 0 aliphatic carbocycles. The molecule has 0 atom stereocenters. The van der Waals surface area contributed by atoms with Crippen LogP contribution < -0.4 is 15.5 Å². The van der Waals surface area contributed by atoms with Gasteiger partial charge in [0.05, 0.1) is 0 Å². The second-order valence-electron chi connectivity index (χ2n) is 8.61. The lowest BCUT2D eigenvalue weighted by Crippen LogP contribution is -2.48. The number of benzene rings is 2. The predicted octanol–water partition coefficient (Wildman–Crippen LogP) is 4.00. The fourth-order valence-electron chi connectivity index (χ4n) is 3.88. The molecule has 0 radical (unpaired) electrons. The number of carbonyl (C=O) groups excluding carboxylic acids is 1. The van der Waals surface area contributed by atoms with Crippen molar-refractivity contribution >= 4 is 28.4 Å². The van der Waals surface area contributed by atoms with Crippen molar-refractivity contribution in [2.45, 2.75) is 27.2 Å². The monoisotopic (exact) mass is 464 g/mol. The molecule has 1 fully saturated rings. The minimum Gasteiger partial charge on any atom is -0.344 e. The van der Waals surface area contributed by atoms with Gasteiger partial charge in [-0.05, 0) is 43.5 Å². The lowest BCUT2D eigenvalue weighted by atomic mass is 10.1. The number of aryl methyl sites for hydroxylation is 2. The molecule has 2 amide bonds. The molecule has 0 bridgehead atoms. The Hall–Kier alpha value is -2.97. The average molecular weight is 465 g/mol. The minimum absolute atomic E-state index is 0.155. The summed E-state index contributed by atoms with van der Waals surface area (Å²) in [5.74, 6) is 0.889. The molecule has 0 spiro atoms. The summed E-state index contributed by atoms with van der Waals surface area (Å²) in [6, 6.07) is 14.3. The standard InChI is InChI=1S/C25H32N6OS/c1-18-7-9-21(10-8-18)17-23-28-25(33-29-23)31-15-13-30(14-16-31)12-11-26-24(32)27-22-6-4-5-19(2)20(22)3/h4-10H,11-17H2,1-3H3,(H2,26,27,32). The highest BCUT2D eigenvalue weighted by Crippen LogP contribution is 2.21. The summed E-state index contributed by atoms with van der Waals surface area (Å²) in [6.07, 6.45) is 0.770. The molecule has 174 valence electrons.